The minimum atomic E-state index is -4.18. The Morgan fingerprint density at radius 2 is 2.10 bits per heavy atom. The lowest BCUT2D eigenvalue weighted by molar-refractivity contribution is -0.135. The van der Waals surface area contributed by atoms with Crippen molar-refractivity contribution < 1.29 is 23.1 Å². The zero-order valence-corrected chi connectivity index (χ0v) is 11.6. The number of methoxy groups -OCH3 is 1. The Hall–Kier alpha value is -2.28. The summed E-state index contributed by atoms with van der Waals surface area (Å²) in [5.74, 6) is -1.71. The molecule has 1 aromatic carbocycles. The van der Waals surface area contributed by atoms with E-state index >= 15 is 0 Å². The van der Waals surface area contributed by atoms with Gasteiger partial charge in [0, 0.05) is 5.56 Å². The molecule has 0 unspecified atom stereocenters. The zero-order valence-electron chi connectivity index (χ0n) is 10.7. The van der Waals surface area contributed by atoms with Crippen molar-refractivity contribution in [2.75, 3.05) is 18.0 Å². The summed E-state index contributed by atoms with van der Waals surface area (Å²) in [6.07, 6.45) is 1.39. The molecule has 0 fully saturated rings. The molecule has 1 aliphatic rings. The molecule has 0 amide bonds. The van der Waals surface area contributed by atoms with Crippen molar-refractivity contribution in [3.8, 4) is 0 Å². The smallest absolute Gasteiger partial charge is 0.355 e. The number of esters is 1. The number of hydrogen-bond donors (Lipinski definition) is 1. The maximum Gasteiger partial charge on any atom is 0.355 e. The van der Waals surface area contributed by atoms with Gasteiger partial charge in [-0.15, -0.1) is 6.58 Å². The number of carbonyl (C=O) groups is 1. The van der Waals surface area contributed by atoms with Gasteiger partial charge >= 0.3 is 5.97 Å². The first-order valence-electron chi connectivity index (χ1n) is 5.69. The lowest BCUT2D eigenvalue weighted by Crippen LogP contribution is -2.38. The fourth-order valence-corrected chi connectivity index (χ4v) is 3.57. The van der Waals surface area contributed by atoms with Crippen LogP contribution in [-0.2, 0) is 19.6 Å². The summed E-state index contributed by atoms with van der Waals surface area (Å²) in [7, 11) is -3.13. The average Bonchev–Trinajstić information content (AvgIpc) is 2.43. The van der Waals surface area contributed by atoms with Crippen LogP contribution in [0.15, 0.2) is 41.8 Å². The number of aliphatic hydroxyl groups excluding tert-OH is 1. The highest BCUT2D eigenvalue weighted by Crippen LogP contribution is 2.38. The minimum absolute atomic E-state index is 0.0207. The third-order valence-electron chi connectivity index (χ3n) is 2.86. The molecule has 1 N–H and O–H groups in total. The highest BCUT2D eigenvalue weighted by atomic mass is 32.2. The van der Waals surface area contributed by atoms with E-state index in [1.807, 2.05) is 0 Å². The number of benzene rings is 1. The van der Waals surface area contributed by atoms with Crippen molar-refractivity contribution in [1.29, 1.82) is 0 Å². The van der Waals surface area contributed by atoms with Crippen molar-refractivity contribution >= 4 is 27.4 Å². The predicted octanol–water partition coefficient (Wildman–Crippen LogP) is 1.42. The van der Waals surface area contributed by atoms with Crippen molar-refractivity contribution in [1.82, 2.24) is 0 Å². The first kappa shape index (κ1) is 14.1. The van der Waals surface area contributed by atoms with Crippen LogP contribution in [0.2, 0.25) is 0 Å². The molecule has 2 rings (SSSR count). The van der Waals surface area contributed by atoms with Crippen LogP contribution >= 0.6 is 0 Å². The van der Waals surface area contributed by atoms with Crippen LogP contribution in [0.5, 0.6) is 0 Å². The molecule has 0 saturated carbocycles. The molecule has 0 aromatic heterocycles. The number of fused-ring (bicyclic) bond motifs is 1. The number of anilines is 1. The molecule has 106 valence electrons. The van der Waals surface area contributed by atoms with Gasteiger partial charge in [0.05, 0.1) is 19.3 Å². The van der Waals surface area contributed by atoms with Crippen LogP contribution in [0.4, 0.5) is 5.69 Å². The highest BCUT2D eigenvalue weighted by Gasteiger charge is 2.41. The van der Waals surface area contributed by atoms with Gasteiger partial charge in [-0.2, -0.15) is 0 Å². The standard InChI is InChI=1S/C13H13NO5S/c1-3-8-14-10-7-5-4-6-9(10)11(15)12(13(16)19-2)20(14,17)18/h3-7,15H,1,8H2,2H3. The molecule has 20 heavy (non-hydrogen) atoms. The average molecular weight is 295 g/mol. The van der Waals surface area contributed by atoms with Crippen molar-refractivity contribution in [3.05, 3.63) is 47.4 Å². The quantitative estimate of drug-likeness (QED) is 0.673. The van der Waals surface area contributed by atoms with Crippen molar-refractivity contribution in [2.45, 2.75) is 0 Å². The fourth-order valence-electron chi connectivity index (χ4n) is 1.98. The molecule has 0 aliphatic carbocycles. The molecule has 0 spiro atoms. The van der Waals surface area contributed by atoms with E-state index in [1.165, 1.54) is 12.1 Å². The Balaban J connectivity index is 2.80. The summed E-state index contributed by atoms with van der Waals surface area (Å²) in [6, 6.07) is 6.34. The van der Waals surface area contributed by atoms with E-state index in [0.29, 0.717) is 0 Å². The monoisotopic (exact) mass is 295 g/mol. The molecule has 1 aromatic rings. The fraction of sp³-hybridized carbons (Fsp3) is 0.154. The predicted molar refractivity (Wildman–Crippen MR) is 74.5 cm³/mol. The van der Waals surface area contributed by atoms with Gasteiger partial charge in [-0.3, -0.25) is 4.31 Å². The molecule has 1 aliphatic heterocycles. The van der Waals surface area contributed by atoms with Gasteiger partial charge in [-0.05, 0) is 12.1 Å². The second-order valence-corrected chi connectivity index (χ2v) is 5.81. The third-order valence-corrected chi connectivity index (χ3v) is 4.66. The van der Waals surface area contributed by atoms with Crippen LogP contribution in [0.25, 0.3) is 5.76 Å². The van der Waals surface area contributed by atoms with E-state index in [-0.39, 0.29) is 17.8 Å². The van der Waals surface area contributed by atoms with Gasteiger partial charge in [-0.25, -0.2) is 13.2 Å². The van der Waals surface area contributed by atoms with Gasteiger partial charge in [0.2, 0.25) is 4.91 Å². The molecule has 0 saturated heterocycles. The molecular formula is C13H13NO5S. The van der Waals surface area contributed by atoms with E-state index in [1.54, 1.807) is 18.2 Å². The van der Waals surface area contributed by atoms with E-state index < -0.39 is 26.7 Å². The summed E-state index contributed by atoms with van der Waals surface area (Å²) < 4.78 is 30.3. The second-order valence-electron chi connectivity index (χ2n) is 4.01. The number of para-hydroxylation sites is 1. The summed E-state index contributed by atoms with van der Waals surface area (Å²) in [4.78, 5) is 10.9. The number of rotatable bonds is 3. The summed E-state index contributed by atoms with van der Waals surface area (Å²) in [5, 5.41) is 10.1. The zero-order chi connectivity index (χ0) is 14.9. The second kappa shape index (κ2) is 5.01. The van der Waals surface area contributed by atoms with E-state index in [0.717, 1.165) is 11.4 Å². The number of aliphatic hydroxyl groups is 1. The number of hydrogen-bond acceptors (Lipinski definition) is 5. The number of ether oxygens (including phenoxy) is 1. The Bertz CT molecular complexity index is 705. The number of carbonyl (C=O) groups excluding carboxylic acids is 1. The maximum atomic E-state index is 12.4. The Morgan fingerprint density at radius 3 is 2.70 bits per heavy atom. The molecular weight excluding hydrogens is 282 g/mol. The van der Waals surface area contributed by atoms with Gasteiger partial charge in [0.15, 0.2) is 5.76 Å². The van der Waals surface area contributed by atoms with Crippen molar-refractivity contribution in [2.24, 2.45) is 0 Å². The maximum absolute atomic E-state index is 12.4. The third kappa shape index (κ3) is 1.96. The summed E-state index contributed by atoms with van der Waals surface area (Å²) in [5.41, 5.74) is 0.544. The number of sulfonamides is 1. The number of nitrogens with zero attached hydrogens (tertiary/aromatic N) is 1. The van der Waals surface area contributed by atoms with Crippen LogP contribution in [0.3, 0.4) is 0 Å². The normalized spacial score (nSPS) is 16.6. The molecule has 0 radical (unpaired) electrons. The van der Waals surface area contributed by atoms with Gasteiger partial charge in [0.25, 0.3) is 10.0 Å². The summed E-state index contributed by atoms with van der Waals surface area (Å²) >= 11 is 0. The highest BCUT2D eigenvalue weighted by molar-refractivity contribution is 7.97. The van der Waals surface area contributed by atoms with Crippen LogP contribution < -0.4 is 4.31 Å². The van der Waals surface area contributed by atoms with Crippen LogP contribution in [0.1, 0.15) is 5.56 Å². The van der Waals surface area contributed by atoms with Crippen LogP contribution in [-0.4, -0.2) is 33.1 Å². The topological polar surface area (TPSA) is 83.9 Å². The Kier molecular flexibility index (Phi) is 3.54. The molecule has 7 heteroatoms. The summed E-state index contributed by atoms with van der Waals surface area (Å²) in [6.45, 7) is 3.48. The SMILES string of the molecule is C=CCN1c2ccccc2C(O)=C(C(=O)OC)S1(=O)=O. The molecule has 0 bridgehead atoms. The van der Waals surface area contributed by atoms with Crippen molar-refractivity contribution in [3.63, 3.8) is 0 Å². The van der Waals surface area contributed by atoms with E-state index in [9.17, 15) is 18.3 Å². The lowest BCUT2D eigenvalue weighted by atomic mass is 10.1. The molecule has 6 nitrogen and oxygen atoms in total. The largest absolute Gasteiger partial charge is 0.506 e. The van der Waals surface area contributed by atoms with E-state index in [4.69, 9.17) is 0 Å². The Morgan fingerprint density at radius 1 is 1.45 bits per heavy atom. The Labute approximate surface area is 116 Å². The minimum Gasteiger partial charge on any atom is -0.506 e. The van der Waals surface area contributed by atoms with Gasteiger partial charge in [-0.1, -0.05) is 18.2 Å². The first-order valence-corrected chi connectivity index (χ1v) is 7.13. The van der Waals surface area contributed by atoms with Gasteiger partial charge in [0.1, 0.15) is 0 Å². The molecule has 0 atom stereocenters. The van der Waals surface area contributed by atoms with E-state index in [2.05, 4.69) is 11.3 Å². The molecule has 1 heterocycles. The van der Waals surface area contributed by atoms with Gasteiger partial charge < -0.3 is 9.84 Å². The lowest BCUT2D eigenvalue weighted by Gasteiger charge is -2.30. The first-order chi connectivity index (χ1) is 9.45. The van der Waals surface area contributed by atoms with Crippen LogP contribution in [0, 0.1) is 0 Å².